The molecule has 7 heteroatoms. The number of anilines is 1. The molecule has 162 valence electrons. The minimum Gasteiger partial charge on any atom is -0.338 e. The average molecular weight is 426 g/mol. The number of piperazine rings is 1. The maximum atomic E-state index is 13.4. The third-order valence-electron chi connectivity index (χ3n) is 5.77. The Hall–Kier alpha value is -2.93. The number of nitrogens with zero attached hydrogens (tertiary/aromatic N) is 4. The number of hydrogen-bond acceptors (Lipinski definition) is 4. The molecule has 0 radical (unpaired) electrons. The predicted molar refractivity (Wildman–Crippen MR) is 115 cm³/mol. The lowest BCUT2D eigenvalue weighted by atomic mass is 9.87. The molecule has 1 aliphatic rings. The summed E-state index contributed by atoms with van der Waals surface area (Å²) in [5, 5.41) is 0. The van der Waals surface area contributed by atoms with Crippen LogP contribution in [0.25, 0.3) is 0 Å². The molecule has 0 N–H and O–H groups in total. The van der Waals surface area contributed by atoms with Crippen molar-refractivity contribution in [2.45, 2.75) is 18.8 Å². The standard InChI is InChI=1S/C24H25F3N4/c25-20-7-3-18(4-8-20)23(19-5-9-21(26)10-6-19)2-1-11-30-12-14-31(15-13-30)24-28-16-22(27)17-29-24/h3-10,16-17,23H,1-2,11-15H2. The molecule has 0 bridgehead atoms. The molecular formula is C24H25F3N4. The maximum Gasteiger partial charge on any atom is 0.225 e. The second kappa shape index (κ2) is 9.92. The van der Waals surface area contributed by atoms with Crippen LogP contribution in [0.5, 0.6) is 0 Å². The summed E-state index contributed by atoms with van der Waals surface area (Å²) in [4.78, 5) is 12.6. The summed E-state index contributed by atoms with van der Waals surface area (Å²) >= 11 is 0. The zero-order valence-electron chi connectivity index (χ0n) is 17.2. The fourth-order valence-electron chi connectivity index (χ4n) is 4.08. The Morgan fingerprint density at radius 2 is 1.23 bits per heavy atom. The maximum absolute atomic E-state index is 13.4. The van der Waals surface area contributed by atoms with E-state index >= 15 is 0 Å². The van der Waals surface area contributed by atoms with Gasteiger partial charge >= 0.3 is 0 Å². The predicted octanol–water partition coefficient (Wildman–Crippen LogP) is 4.63. The third-order valence-corrected chi connectivity index (χ3v) is 5.77. The van der Waals surface area contributed by atoms with Crippen molar-refractivity contribution in [3.8, 4) is 0 Å². The minimum atomic E-state index is -0.431. The number of hydrogen-bond donors (Lipinski definition) is 0. The van der Waals surface area contributed by atoms with Crippen LogP contribution in [0.2, 0.25) is 0 Å². The fourth-order valence-corrected chi connectivity index (χ4v) is 4.08. The van der Waals surface area contributed by atoms with Crippen LogP contribution in [0, 0.1) is 17.5 Å². The van der Waals surface area contributed by atoms with Gasteiger partial charge in [0.1, 0.15) is 11.6 Å². The van der Waals surface area contributed by atoms with E-state index < -0.39 is 5.82 Å². The Balaban J connectivity index is 1.33. The fraction of sp³-hybridized carbons (Fsp3) is 0.333. The zero-order chi connectivity index (χ0) is 21.6. The van der Waals surface area contributed by atoms with Gasteiger partial charge in [-0.3, -0.25) is 4.90 Å². The first kappa shape index (κ1) is 21.3. The highest BCUT2D eigenvalue weighted by molar-refractivity contribution is 5.33. The molecule has 0 amide bonds. The van der Waals surface area contributed by atoms with Crippen LogP contribution in [0.1, 0.15) is 29.9 Å². The molecule has 0 saturated carbocycles. The topological polar surface area (TPSA) is 32.3 Å². The van der Waals surface area contributed by atoms with E-state index in [0.29, 0.717) is 5.95 Å². The Labute approximate surface area is 180 Å². The highest BCUT2D eigenvalue weighted by Gasteiger charge is 2.20. The lowest BCUT2D eigenvalue weighted by Gasteiger charge is -2.34. The van der Waals surface area contributed by atoms with Gasteiger partial charge in [0.2, 0.25) is 5.95 Å². The molecule has 1 fully saturated rings. The zero-order valence-corrected chi connectivity index (χ0v) is 17.2. The second-order valence-corrected chi connectivity index (χ2v) is 7.83. The van der Waals surface area contributed by atoms with Gasteiger partial charge in [-0.25, -0.2) is 23.1 Å². The average Bonchev–Trinajstić information content (AvgIpc) is 2.79. The number of rotatable bonds is 7. The molecule has 3 aromatic rings. The number of benzene rings is 2. The second-order valence-electron chi connectivity index (χ2n) is 7.83. The van der Waals surface area contributed by atoms with Gasteiger partial charge in [-0.2, -0.15) is 0 Å². The quantitative estimate of drug-likeness (QED) is 0.552. The first-order chi connectivity index (χ1) is 15.1. The van der Waals surface area contributed by atoms with Crippen LogP contribution < -0.4 is 4.90 Å². The molecule has 2 aromatic carbocycles. The molecular weight excluding hydrogens is 401 g/mol. The summed E-state index contributed by atoms with van der Waals surface area (Å²) in [6.07, 6.45) is 4.24. The largest absolute Gasteiger partial charge is 0.338 e. The van der Waals surface area contributed by atoms with Gasteiger partial charge < -0.3 is 4.90 Å². The van der Waals surface area contributed by atoms with E-state index in [1.807, 2.05) is 24.3 Å². The molecule has 4 nitrogen and oxygen atoms in total. The molecule has 0 unspecified atom stereocenters. The minimum absolute atomic E-state index is 0.0927. The molecule has 0 aliphatic carbocycles. The molecule has 1 aromatic heterocycles. The van der Waals surface area contributed by atoms with Crippen molar-refractivity contribution in [1.29, 1.82) is 0 Å². The third kappa shape index (κ3) is 5.61. The summed E-state index contributed by atoms with van der Waals surface area (Å²) in [6.45, 7) is 4.31. The van der Waals surface area contributed by atoms with Crippen LogP contribution in [0.4, 0.5) is 19.1 Å². The highest BCUT2D eigenvalue weighted by Crippen LogP contribution is 2.30. The number of aromatic nitrogens is 2. The van der Waals surface area contributed by atoms with E-state index in [1.54, 1.807) is 0 Å². The molecule has 2 heterocycles. The van der Waals surface area contributed by atoms with Crippen LogP contribution in [0.3, 0.4) is 0 Å². The molecule has 4 rings (SSSR count). The van der Waals surface area contributed by atoms with Crippen molar-refractivity contribution in [3.63, 3.8) is 0 Å². The van der Waals surface area contributed by atoms with E-state index in [-0.39, 0.29) is 17.6 Å². The van der Waals surface area contributed by atoms with Gasteiger partial charge in [0, 0.05) is 32.1 Å². The SMILES string of the molecule is Fc1ccc(C(CCCN2CCN(c3ncc(F)cn3)CC2)c2ccc(F)cc2)cc1. The van der Waals surface area contributed by atoms with E-state index in [1.165, 1.54) is 36.7 Å². The van der Waals surface area contributed by atoms with Gasteiger partial charge in [-0.05, 0) is 54.8 Å². The normalized spacial score (nSPS) is 14.9. The Bertz CT molecular complexity index is 908. The monoisotopic (exact) mass is 426 g/mol. The van der Waals surface area contributed by atoms with Crippen molar-refractivity contribution >= 4 is 5.95 Å². The highest BCUT2D eigenvalue weighted by atomic mass is 19.1. The van der Waals surface area contributed by atoms with Crippen LogP contribution >= 0.6 is 0 Å². The van der Waals surface area contributed by atoms with E-state index in [4.69, 9.17) is 0 Å². The van der Waals surface area contributed by atoms with Gasteiger partial charge in [-0.15, -0.1) is 0 Å². The molecule has 1 saturated heterocycles. The van der Waals surface area contributed by atoms with Gasteiger partial charge in [-0.1, -0.05) is 24.3 Å². The lowest BCUT2D eigenvalue weighted by molar-refractivity contribution is 0.250. The first-order valence-corrected chi connectivity index (χ1v) is 10.5. The molecule has 0 spiro atoms. The van der Waals surface area contributed by atoms with E-state index in [9.17, 15) is 13.2 Å². The van der Waals surface area contributed by atoms with Crippen molar-refractivity contribution < 1.29 is 13.2 Å². The van der Waals surface area contributed by atoms with Crippen LogP contribution in [0.15, 0.2) is 60.9 Å². The molecule has 0 atom stereocenters. The summed E-state index contributed by atoms with van der Waals surface area (Å²) < 4.78 is 39.8. The van der Waals surface area contributed by atoms with E-state index in [2.05, 4.69) is 19.8 Å². The molecule has 31 heavy (non-hydrogen) atoms. The summed E-state index contributed by atoms with van der Waals surface area (Å²) in [7, 11) is 0. The van der Waals surface area contributed by atoms with Crippen molar-refractivity contribution in [1.82, 2.24) is 14.9 Å². The Morgan fingerprint density at radius 1 is 0.710 bits per heavy atom. The lowest BCUT2D eigenvalue weighted by Crippen LogP contribution is -2.47. The van der Waals surface area contributed by atoms with Gasteiger partial charge in [0.05, 0.1) is 12.4 Å². The van der Waals surface area contributed by atoms with E-state index in [0.717, 1.165) is 56.7 Å². The van der Waals surface area contributed by atoms with Crippen LogP contribution in [-0.2, 0) is 0 Å². The van der Waals surface area contributed by atoms with Crippen molar-refractivity contribution in [2.24, 2.45) is 0 Å². The van der Waals surface area contributed by atoms with Crippen molar-refractivity contribution in [2.75, 3.05) is 37.6 Å². The van der Waals surface area contributed by atoms with Crippen LogP contribution in [-0.4, -0.2) is 47.6 Å². The first-order valence-electron chi connectivity index (χ1n) is 10.5. The van der Waals surface area contributed by atoms with Gasteiger partial charge in [0.15, 0.2) is 5.82 Å². The van der Waals surface area contributed by atoms with Crippen molar-refractivity contribution in [3.05, 3.63) is 89.5 Å². The Kier molecular flexibility index (Phi) is 6.82. The number of halogens is 3. The molecule has 1 aliphatic heterocycles. The summed E-state index contributed by atoms with van der Waals surface area (Å²) in [5.41, 5.74) is 2.07. The smallest absolute Gasteiger partial charge is 0.225 e. The summed E-state index contributed by atoms with van der Waals surface area (Å²) in [6, 6.07) is 13.1. The van der Waals surface area contributed by atoms with Gasteiger partial charge in [0.25, 0.3) is 0 Å². The summed E-state index contributed by atoms with van der Waals surface area (Å²) in [5.74, 6) is -0.294. The Morgan fingerprint density at radius 3 is 1.74 bits per heavy atom.